The minimum absolute atomic E-state index is 0.0728. The Hall–Kier alpha value is -2.78. The molecule has 0 aliphatic heterocycles. The van der Waals surface area contributed by atoms with Gasteiger partial charge in [0.05, 0.1) is 6.04 Å². The summed E-state index contributed by atoms with van der Waals surface area (Å²) in [6, 6.07) is 24.5. The number of carbonyl (C=O) groups is 1. The van der Waals surface area contributed by atoms with Crippen LogP contribution in [0.1, 0.15) is 34.5 Å². The maximum Gasteiger partial charge on any atom is 0.251 e. The van der Waals surface area contributed by atoms with E-state index in [0.717, 1.165) is 11.1 Å². The van der Waals surface area contributed by atoms with E-state index in [1.165, 1.54) is 0 Å². The fourth-order valence-corrected chi connectivity index (χ4v) is 2.80. The fourth-order valence-electron chi connectivity index (χ4n) is 2.61. The second kappa shape index (κ2) is 8.54. The molecule has 0 aromatic heterocycles. The lowest BCUT2D eigenvalue weighted by Crippen LogP contribution is -2.26. The Balaban J connectivity index is 1.65. The first-order valence-electron chi connectivity index (χ1n) is 8.45. The molecule has 1 amide bonds. The Kier molecular flexibility index (Phi) is 5.92. The van der Waals surface area contributed by atoms with Gasteiger partial charge in [-0.25, -0.2) is 0 Å². The highest BCUT2D eigenvalue weighted by Crippen LogP contribution is 2.20. The van der Waals surface area contributed by atoms with Crippen LogP contribution in [0.3, 0.4) is 0 Å². The molecule has 3 aromatic carbocycles. The number of hydrogen-bond acceptors (Lipinski definition) is 2. The van der Waals surface area contributed by atoms with Gasteiger partial charge in [0.1, 0.15) is 12.4 Å². The third kappa shape index (κ3) is 4.64. The molecule has 132 valence electrons. The van der Waals surface area contributed by atoms with Crippen LogP contribution in [-0.4, -0.2) is 5.91 Å². The summed E-state index contributed by atoms with van der Waals surface area (Å²) in [5, 5.41) is 3.67. The van der Waals surface area contributed by atoms with Gasteiger partial charge >= 0.3 is 0 Å². The number of amides is 1. The molecule has 0 saturated carbocycles. The summed E-state index contributed by atoms with van der Waals surface area (Å²) in [5.74, 6) is 0.495. The average Bonchev–Trinajstić information content (AvgIpc) is 2.68. The summed E-state index contributed by atoms with van der Waals surface area (Å²) in [4.78, 5) is 12.5. The second-order valence-corrected chi connectivity index (χ2v) is 6.42. The lowest BCUT2D eigenvalue weighted by molar-refractivity contribution is 0.0939. The van der Waals surface area contributed by atoms with Crippen molar-refractivity contribution in [2.75, 3.05) is 0 Å². The van der Waals surface area contributed by atoms with Gasteiger partial charge in [-0.3, -0.25) is 4.79 Å². The molecule has 1 unspecified atom stereocenters. The molecule has 0 bridgehead atoms. The van der Waals surface area contributed by atoms with E-state index in [-0.39, 0.29) is 11.9 Å². The maximum absolute atomic E-state index is 12.5. The van der Waals surface area contributed by atoms with Crippen molar-refractivity contribution in [1.29, 1.82) is 0 Å². The van der Waals surface area contributed by atoms with E-state index in [9.17, 15) is 4.79 Å². The number of benzene rings is 3. The van der Waals surface area contributed by atoms with Crippen LogP contribution in [0, 0.1) is 0 Å². The molecule has 0 radical (unpaired) electrons. The van der Waals surface area contributed by atoms with Crippen LogP contribution in [-0.2, 0) is 6.61 Å². The summed E-state index contributed by atoms with van der Waals surface area (Å²) in [5.41, 5.74) is 2.53. The highest BCUT2D eigenvalue weighted by molar-refractivity contribution is 6.31. The van der Waals surface area contributed by atoms with Crippen molar-refractivity contribution in [2.24, 2.45) is 0 Å². The summed E-state index contributed by atoms with van der Waals surface area (Å²) in [6.07, 6.45) is 0. The predicted octanol–water partition coefficient (Wildman–Crippen LogP) is 5.41. The van der Waals surface area contributed by atoms with E-state index in [1.54, 1.807) is 12.1 Å². The standard InChI is InChI=1S/C22H20ClNO2/c1-16(17-8-3-2-4-9-17)24-22(25)18-11-7-12-20(14-18)26-15-19-10-5-6-13-21(19)23/h2-14,16H,15H2,1H3,(H,24,25). The molecule has 0 saturated heterocycles. The molecule has 4 heteroatoms. The molecule has 3 aromatic rings. The number of rotatable bonds is 6. The van der Waals surface area contributed by atoms with Crippen LogP contribution in [0.2, 0.25) is 5.02 Å². The molecule has 26 heavy (non-hydrogen) atoms. The minimum atomic E-state index is -0.135. The summed E-state index contributed by atoms with van der Waals surface area (Å²) < 4.78 is 5.79. The van der Waals surface area contributed by atoms with Crippen molar-refractivity contribution in [3.8, 4) is 5.75 Å². The van der Waals surface area contributed by atoms with Crippen molar-refractivity contribution >= 4 is 17.5 Å². The molecule has 0 aliphatic carbocycles. The number of ether oxygens (including phenoxy) is 1. The van der Waals surface area contributed by atoms with Crippen LogP contribution < -0.4 is 10.1 Å². The van der Waals surface area contributed by atoms with Crippen molar-refractivity contribution in [3.63, 3.8) is 0 Å². The second-order valence-electron chi connectivity index (χ2n) is 6.01. The van der Waals surface area contributed by atoms with Crippen LogP contribution >= 0.6 is 11.6 Å². The molecule has 1 atom stereocenters. The van der Waals surface area contributed by atoms with E-state index in [4.69, 9.17) is 16.3 Å². The van der Waals surface area contributed by atoms with E-state index in [0.29, 0.717) is 22.9 Å². The van der Waals surface area contributed by atoms with Gasteiger partial charge in [-0.15, -0.1) is 0 Å². The third-order valence-electron chi connectivity index (χ3n) is 4.10. The minimum Gasteiger partial charge on any atom is -0.489 e. The van der Waals surface area contributed by atoms with Crippen LogP contribution in [0.25, 0.3) is 0 Å². The molecule has 0 fully saturated rings. The number of hydrogen-bond donors (Lipinski definition) is 1. The monoisotopic (exact) mass is 365 g/mol. The quantitative estimate of drug-likeness (QED) is 0.634. The predicted molar refractivity (Wildman–Crippen MR) is 105 cm³/mol. The van der Waals surface area contributed by atoms with Gasteiger partial charge in [0.25, 0.3) is 5.91 Å². The average molecular weight is 366 g/mol. The lowest BCUT2D eigenvalue weighted by Gasteiger charge is -2.15. The van der Waals surface area contributed by atoms with Crippen molar-refractivity contribution in [2.45, 2.75) is 19.6 Å². The normalized spacial score (nSPS) is 11.6. The molecule has 0 aliphatic rings. The number of halogens is 1. The van der Waals surface area contributed by atoms with Crippen LogP contribution in [0.15, 0.2) is 78.9 Å². The zero-order valence-corrected chi connectivity index (χ0v) is 15.2. The first-order valence-corrected chi connectivity index (χ1v) is 8.83. The van der Waals surface area contributed by atoms with E-state index in [1.807, 2.05) is 73.7 Å². The van der Waals surface area contributed by atoms with E-state index < -0.39 is 0 Å². The van der Waals surface area contributed by atoms with Crippen molar-refractivity contribution in [1.82, 2.24) is 5.32 Å². The van der Waals surface area contributed by atoms with Crippen LogP contribution in [0.4, 0.5) is 0 Å². The highest BCUT2D eigenvalue weighted by Gasteiger charge is 2.12. The third-order valence-corrected chi connectivity index (χ3v) is 4.46. The van der Waals surface area contributed by atoms with Gasteiger partial charge < -0.3 is 10.1 Å². The topological polar surface area (TPSA) is 38.3 Å². The number of nitrogens with one attached hydrogen (secondary N) is 1. The molecule has 0 spiro atoms. The first kappa shape index (κ1) is 18.0. The zero-order valence-electron chi connectivity index (χ0n) is 14.5. The lowest BCUT2D eigenvalue weighted by atomic mass is 10.1. The van der Waals surface area contributed by atoms with Crippen molar-refractivity contribution in [3.05, 3.63) is 101 Å². The molecular weight excluding hydrogens is 346 g/mol. The summed E-state index contributed by atoms with van der Waals surface area (Å²) in [7, 11) is 0. The first-order chi connectivity index (χ1) is 12.6. The Bertz CT molecular complexity index is 880. The largest absolute Gasteiger partial charge is 0.489 e. The van der Waals surface area contributed by atoms with E-state index in [2.05, 4.69) is 5.32 Å². The van der Waals surface area contributed by atoms with Gasteiger partial charge in [-0.05, 0) is 36.8 Å². The highest BCUT2D eigenvalue weighted by atomic mass is 35.5. The molecule has 3 rings (SSSR count). The van der Waals surface area contributed by atoms with Gasteiger partial charge in [-0.2, -0.15) is 0 Å². The molecular formula is C22H20ClNO2. The van der Waals surface area contributed by atoms with Gasteiger partial charge in [0.2, 0.25) is 0 Å². The van der Waals surface area contributed by atoms with Gasteiger partial charge in [0.15, 0.2) is 0 Å². The summed E-state index contributed by atoms with van der Waals surface area (Å²) >= 11 is 6.14. The maximum atomic E-state index is 12.5. The Labute approximate surface area is 158 Å². The Morgan fingerprint density at radius 3 is 2.50 bits per heavy atom. The summed E-state index contributed by atoms with van der Waals surface area (Å²) in [6.45, 7) is 2.32. The van der Waals surface area contributed by atoms with Crippen LogP contribution in [0.5, 0.6) is 5.75 Å². The van der Waals surface area contributed by atoms with Gasteiger partial charge in [0, 0.05) is 16.1 Å². The zero-order chi connectivity index (χ0) is 18.4. The molecule has 1 N–H and O–H groups in total. The van der Waals surface area contributed by atoms with Gasteiger partial charge in [-0.1, -0.05) is 66.2 Å². The smallest absolute Gasteiger partial charge is 0.251 e. The fraction of sp³-hybridized carbons (Fsp3) is 0.136. The molecule has 0 heterocycles. The van der Waals surface area contributed by atoms with Crippen molar-refractivity contribution < 1.29 is 9.53 Å². The molecule has 3 nitrogen and oxygen atoms in total. The Morgan fingerprint density at radius 2 is 1.73 bits per heavy atom. The SMILES string of the molecule is CC(NC(=O)c1cccc(OCc2ccccc2Cl)c1)c1ccccc1. The number of carbonyl (C=O) groups excluding carboxylic acids is 1. The van der Waals surface area contributed by atoms with E-state index >= 15 is 0 Å². The Morgan fingerprint density at radius 1 is 1.00 bits per heavy atom.